The number of rotatable bonds is 8. The number of aromatic nitrogens is 1. The molecule has 1 rings (SSSR count). The van der Waals surface area contributed by atoms with Gasteiger partial charge in [-0.05, 0) is 57.6 Å². The van der Waals surface area contributed by atoms with E-state index in [1.165, 1.54) is 6.42 Å². The fourth-order valence-electron chi connectivity index (χ4n) is 2.84. The smallest absolute Gasteiger partial charge is 0.126 e. The minimum absolute atomic E-state index is 0.454. The molecule has 0 fully saturated rings. The molecule has 0 aliphatic rings. The minimum Gasteiger partial charge on any atom is -0.381 e. The standard InChI is InChI=1S/C18H33N3/c1-12(2)10-14(5)19-17-8-9-18(21-16(17)7)20-15(6)11-13(3)4/h8-9,12-15,19H,10-11H2,1-7H3,(H,20,21). The maximum atomic E-state index is 4.68. The van der Waals surface area contributed by atoms with Gasteiger partial charge in [-0.3, -0.25) is 0 Å². The molecule has 0 spiro atoms. The summed E-state index contributed by atoms with van der Waals surface area (Å²) in [5.41, 5.74) is 2.21. The van der Waals surface area contributed by atoms with E-state index >= 15 is 0 Å². The quantitative estimate of drug-likeness (QED) is 0.701. The van der Waals surface area contributed by atoms with Crippen molar-refractivity contribution in [1.29, 1.82) is 0 Å². The zero-order valence-electron chi connectivity index (χ0n) is 14.8. The molecule has 0 aromatic carbocycles. The summed E-state index contributed by atoms with van der Waals surface area (Å²) in [5, 5.41) is 7.05. The molecule has 0 aliphatic heterocycles. The second-order valence-electron chi connectivity index (χ2n) is 7.18. The van der Waals surface area contributed by atoms with Gasteiger partial charge < -0.3 is 10.6 Å². The van der Waals surface area contributed by atoms with Gasteiger partial charge in [0.15, 0.2) is 0 Å². The summed E-state index contributed by atoms with van der Waals surface area (Å²) >= 11 is 0. The predicted octanol–water partition coefficient (Wildman–Crippen LogP) is 5.08. The number of hydrogen-bond acceptors (Lipinski definition) is 3. The second kappa shape index (κ2) is 8.26. The van der Waals surface area contributed by atoms with Crippen LogP contribution in [0, 0.1) is 18.8 Å². The maximum Gasteiger partial charge on any atom is 0.126 e. The van der Waals surface area contributed by atoms with Crippen LogP contribution in [-0.2, 0) is 0 Å². The van der Waals surface area contributed by atoms with Gasteiger partial charge in [-0.15, -0.1) is 0 Å². The molecular weight excluding hydrogens is 258 g/mol. The Balaban J connectivity index is 2.63. The highest BCUT2D eigenvalue weighted by atomic mass is 15.0. The Morgan fingerprint density at radius 1 is 0.857 bits per heavy atom. The fourth-order valence-corrected chi connectivity index (χ4v) is 2.84. The molecule has 3 nitrogen and oxygen atoms in total. The average molecular weight is 291 g/mol. The Morgan fingerprint density at radius 2 is 1.38 bits per heavy atom. The Morgan fingerprint density at radius 3 is 1.86 bits per heavy atom. The van der Waals surface area contributed by atoms with Gasteiger partial charge in [0.2, 0.25) is 0 Å². The van der Waals surface area contributed by atoms with Crippen molar-refractivity contribution in [3.63, 3.8) is 0 Å². The molecule has 1 aromatic heterocycles. The van der Waals surface area contributed by atoms with Crippen molar-refractivity contribution >= 4 is 11.5 Å². The van der Waals surface area contributed by atoms with Crippen molar-refractivity contribution < 1.29 is 0 Å². The molecule has 3 heteroatoms. The molecule has 1 aromatic rings. The first-order valence-corrected chi connectivity index (χ1v) is 8.28. The van der Waals surface area contributed by atoms with Gasteiger partial charge in [-0.1, -0.05) is 27.7 Å². The van der Waals surface area contributed by atoms with Crippen LogP contribution in [0.1, 0.15) is 60.1 Å². The second-order valence-corrected chi connectivity index (χ2v) is 7.18. The Kier molecular flexibility index (Phi) is 7.00. The molecule has 0 aliphatic carbocycles. The lowest BCUT2D eigenvalue weighted by molar-refractivity contribution is 0.538. The zero-order chi connectivity index (χ0) is 16.0. The maximum absolute atomic E-state index is 4.68. The Labute approximate surface area is 130 Å². The topological polar surface area (TPSA) is 37.0 Å². The molecule has 21 heavy (non-hydrogen) atoms. The summed E-state index contributed by atoms with van der Waals surface area (Å²) in [5.74, 6) is 2.38. The highest BCUT2D eigenvalue weighted by Crippen LogP contribution is 2.19. The largest absolute Gasteiger partial charge is 0.381 e. The number of anilines is 2. The third-order valence-corrected chi connectivity index (χ3v) is 3.53. The molecule has 2 atom stereocenters. The van der Waals surface area contributed by atoms with Crippen molar-refractivity contribution in [3.8, 4) is 0 Å². The highest BCUT2D eigenvalue weighted by Gasteiger charge is 2.09. The van der Waals surface area contributed by atoms with Gasteiger partial charge in [0, 0.05) is 12.1 Å². The summed E-state index contributed by atoms with van der Waals surface area (Å²) in [7, 11) is 0. The zero-order valence-corrected chi connectivity index (χ0v) is 14.8. The van der Waals surface area contributed by atoms with Crippen molar-refractivity contribution in [2.24, 2.45) is 11.8 Å². The molecule has 120 valence electrons. The number of nitrogens with one attached hydrogen (secondary N) is 2. The molecule has 0 amide bonds. The molecule has 0 bridgehead atoms. The van der Waals surface area contributed by atoms with Crippen LogP contribution in [0.2, 0.25) is 0 Å². The summed E-state index contributed by atoms with van der Waals surface area (Å²) in [6.07, 6.45) is 2.33. The van der Waals surface area contributed by atoms with E-state index in [2.05, 4.69) is 76.2 Å². The number of hydrogen-bond donors (Lipinski definition) is 2. The van der Waals surface area contributed by atoms with Gasteiger partial charge in [0.05, 0.1) is 11.4 Å². The summed E-state index contributed by atoms with van der Waals surface area (Å²) in [6, 6.07) is 5.15. The van der Waals surface area contributed by atoms with Crippen molar-refractivity contribution in [2.75, 3.05) is 10.6 Å². The van der Waals surface area contributed by atoms with Crippen LogP contribution < -0.4 is 10.6 Å². The molecule has 0 saturated heterocycles. The van der Waals surface area contributed by atoms with Gasteiger partial charge in [-0.2, -0.15) is 0 Å². The lowest BCUT2D eigenvalue weighted by atomic mass is 10.0. The Bertz CT molecular complexity index is 426. The summed E-state index contributed by atoms with van der Waals surface area (Å²) < 4.78 is 0. The lowest BCUT2D eigenvalue weighted by Crippen LogP contribution is -2.20. The van der Waals surface area contributed by atoms with Crippen molar-refractivity contribution in [1.82, 2.24) is 4.98 Å². The number of nitrogens with zero attached hydrogens (tertiary/aromatic N) is 1. The minimum atomic E-state index is 0.454. The molecule has 1 heterocycles. The SMILES string of the molecule is Cc1nc(NC(C)CC(C)C)ccc1NC(C)CC(C)C. The van der Waals surface area contributed by atoms with Gasteiger partial charge >= 0.3 is 0 Å². The van der Waals surface area contributed by atoms with E-state index in [0.717, 1.165) is 23.6 Å². The van der Waals surface area contributed by atoms with Crippen LogP contribution >= 0.6 is 0 Å². The molecule has 2 unspecified atom stereocenters. The Hall–Kier alpha value is -1.25. The lowest BCUT2D eigenvalue weighted by Gasteiger charge is -2.20. The van der Waals surface area contributed by atoms with Crippen LogP contribution in [0.5, 0.6) is 0 Å². The first kappa shape index (κ1) is 17.8. The number of pyridine rings is 1. The van der Waals surface area contributed by atoms with Crippen LogP contribution in [0.15, 0.2) is 12.1 Å². The van der Waals surface area contributed by atoms with E-state index < -0.39 is 0 Å². The number of aryl methyl sites for hydroxylation is 1. The van der Waals surface area contributed by atoms with E-state index in [4.69, 9.17) is 0 Å². The van der Waals surface area contributed by atoms with Crippen LogP contribution in [0.4, 0.5) is 11.5 Å². The van der Waals surface area contributed by atoms with E-state index in [1.54, 1.807) is 0 Å². The fraction of sp³-hybridized carbons (Fsp3) is 0.722. The van der Waals surface area contributed by atoms with E-state index in [9.17, 15) is 0 Å². The normalized spacial score (nSPS) is 14.3. The van der Waals surface area contributed by atoms with E-state index in [0.29, 0.717) is 23.9 Å². The monoisotopic (exact) mass is 291 g/mol. The third-order valence-electron chi connectivity index (χ3n) is 3.53. The van der Waals surface area contributed by atoms with Gasteiger partial charge in [-0.25, -0.2) is 4.98 Å². The molecule has 0 saturated carbocycles. The van der Waals surface area contributed by atoms with E-state index in [-0.39, 0.29) is 0 Å². The van der Waals surface area contributed by atoms with Crippen molar-refractivity contribution in [2.45, 2.75) is 73.4 Å². The van der Waals surface area contributed by atoms with Gasteiger partial charge in [0.25, 0.3) is 0 Å². The third kappa shape index (κ3) is 6.83. The highest BCUT2D eigenvalue weighted by molar-refractivity contribution is 5.53. The molecule has 2 N–H and O–H groups in total. The first-order valence-electron chi connectivity index (χ1n) is 8.28. The van der Waals surface area contributed by atoms with Crippen LogP contribution in [0.3, 0.4) is 0 Å². The summed E-state index contributed by atoms with van der Waals surface area (Å²) in [6.45, 7) is 15.5. The van der Waals surface area contributed by atoms with Gasteiger partial charge in [0.1, 0.15) is 5.82 Å². The molecule has 0 radical (unpaired) electrons. The molecular formula is C18H33N3. The van der Waals surface area contributed by atoms with Crippen LogP contribution in [-0.4, -0.2) is 17.1 Å². The van der Waals surface area contributed by atoms with E-state index in [1.807, 2.05) is 0 Å². The predicted molar refractivity (Wildman–Crippen MR) is 94.1 cm³/mol. The first-order chi connectivity index (χ1) is 9.77. The van der Waals surface area contributed by atoms with Crippen LogP contribution in [0.25, 0.3) is 0 Å². The van der Waals surface area contributed by atoms with Crippen molar-refractivity contribution in [3.05, 3.63) is 17.8 Å². The average Bonchev–Trinajstić information content (AvgIpc) is 2.30. The summed E-state index contributed by atoms with van der Waals surface area (Å²) in [4.78, 5) is 4.68.